The monoisotopic (exact) mass is 311 g/mol. The quantitative estimate of drug-likeness (QED) is 0.786. The number of aliphatic hydroxyl groups is 1. The van der Waals surface area contributed by atoms with Gasteiger partial charge in [-0.05, 0) is 44.4 Å². The van der Waals surface area contributed by atoms with E-state index in [0.29, 0.717) is 19.4 Å². The van der Waals surface area contributed by atoms with E-state index in [0.717, 1.165) is 47.8 Å². The number of unbranched alkanes of at least 4 members (excludes halogenated alkanes) is 1. The van der Waals surface area contributed by atoms with E-state index in [2.05, 4.69) is 4.90 Å². The maximum atomic E-state index is 8.95. The molecule has 116 valence electrons. The Bertz CT molecular complexity index is 491. The standard InChI is InChI=1S/C16H22ClNO3/c17-14-7-12(16-13(8-14)10-20-11-21-16)9-18(15-3-4-15)5-1-2-6-19/h7-8,15,19H,1-6,9-11H2. The molecule has 0 amide bonds. The summed E-state index contributed by atoms with van der Waals surface area (Å²) in [7, 11) is 0. The minimum Gasteiger partial charge on any atom is -0.467 e. The topological polar surface area (TPSA) is 41.9 Å². The van der Waals surface area contributed by atoms with Crippen molar-refractivity contribution < 1.29 is 14.6 Å². The molecule has 1 aliphatic carbocycles. The zero-order valence-corrected chi connectivity index (χ0v) is 12.9. The molecule has 0 spiro atoms. The van der Waals surface area contributed by atoms with E-state index in [-0.39, 0.29) is 6.61 Å². The van der Waals surface area contributed by atoms with Crippen molar-refractivity contribution in [3.8, 4) is 5.75 Å². The first-order valence-electron chi connectivity index (χ1n) is 7.64. The van der Waals surface area contributed by atoms with Crippen molar-refractivity contribution in [2.24, 2.45) is 0 Å². The van der Waals surface area contributed by atoms with Gasteiger partial charge in [-0.3, -0.25) is 4.90 Å². The number of halogens is 1. The molecule has 1 aromatic rings. The maximum absolute atomic E-state index is 8.95. The van der Waals surface area contributed by atoms with Crippen molar-refractivity contribution in [1.29, 1.82) is 0 Å². The summed E-state index contributed by atoms with van der Waals surface area (Å²) in [5, 5.41) is 9.69. The lowest BCUT2D eigenvalue weighted by Crippen LogP contribution is -2.27. The molecule has 0 radical (unpaired) electrons. The summed E-state index contributed by atoms with van der Waals surface area (Å²) in [4.78, 5) is 2.49. The van der Waals surface area contributed by atoms with Gasteiger partial charge in [0.25, 0.3) is 0 Å². The summed E-state index contributed by atoms with van der Waals surface area (Å²) in [5.41, 5.74) is 2.19. The van der Waals surface area contributed by atoms with Crippen molar-refractivity contribution in [3.63, 3.8) is 0 Å². The van der Waals surface area contributed by atoms with Crippen molar-refractivity contribution >= 4 is 11.6 Å². The van der Waals surface area contributed by atoms with Gasteiger partial charge in [0.1, 0.15) is 5.75 Å². The molecule has 0 aromatic heterocycles. The first kappa shape index (κ1) is 15.1. The molecule has 2 aliphatic rings. The molecule has 0 bridgehead atoms. The molecule has 4 nitrogen and oxygen atoms in total. The molecular weight excluding hydrogens is 290 g/mol. The summed E-state index contributed by atoms with van der Waals surface area (Å²) < 4.78 is 11.0. The van der Waals surface area contributed by atoms with Gasteiger partial charge < -0.3 is 14.6 Å². The SMILES string of the molecule is OCCCCN(Cc1cc(Cl)cc2c1OCOC2)C1CC1. The van der Waals surface area contributed by atoms with Crippen LogP contribution in [0.15, 0.2) is 12.1 Å². The van der Waals surface area contributed by atoms with Crippen LogP contribution in [0, 0.1) is 0 Å². The lowest BCUT2D eigenvalue weighted by molar-refractivity contribution is -0.0175. The Balaban J connectivity index is 1.74. The van der Waals surface area contributed by atoms with E-state index in [9.17, 15) is 0 Å². The van der Waals surface area contributed by atoms with Crippen molar-refractivity contribution in [3.05, 3.63) is 28.3 Å². The lowest BCUT2D eigenvalue weighted by Gasteiger charge is -2.26. The van der Waals surface area contributed by atoms with Gasteiger partial charge in [-0.15, -0.1) is 0 Å². The average molecular weight is 312 g/mol. The highest BCUT2D eigenvalue weighted by Crippen LogP contribution is 2.35. The normalized spacial score (nSPS) is 17.7. The highest BCUT2D eigenvalue weighted by atomic mass is 35.5. The number of benzene rings is 1. The van der Waals surface area contributed by atoms with Gasteiger partial charge in [0.2, 0.25) is 0 Å². The minimum atomic E-state index is 0.269. The van der Waals surface area contributed by atoms with Gasteiger partial charge in [-0.2, -0.15) is 0 Å². The molecule has 1 aromatic carbocycles. The average Bonchev–Trinajstić information content (AvgIpc) is 3.31. The summed E-state index contributed by atoms with van der Waals surface area (Å²) >= 11 is 6.22. The van der Waals surface area contributed by atoms with Crippen molar-refractivity contribution in [2.45, 2.75) is 44.9 Å². The third kappa shape index (κ3) is 3.89. The van der Waals surface area contributed by atoms with Crippen LogP contribution in [-0.4, -0.2) is 36.0 Å². The Kier molecular flexibility index (Phi) is 5.01. The number of rotatable bonds is 7. The Morgan fingerprint density at radius 2 is 2.14 bits per heavy atom. The number of fused-ring (bicyclic) bond motifs is 1. The minimum absolute atomic E-state index is 0.269. The van der Waals surface area contributed by atoms with Gasteiger partial charge in [-0.1, -0.05) is 11.6 Å². The third-order valence-electron chi connectivity index (χ3n) is 4.04. The largest absolute Gasteiger partial charge is 0.467 e. The Morgan fingerprint density at radius 3 is 2.90 bits per heavy atom. The second kappa shape index (κ2) is 6.97. The number of hydrogen-bond acceptors (Lipinski definition) is 4. The summed E-state index contributed by atoms with van der Waals surface area (Å²) in [6.45, 7) is 3.03. The van der Waals surface area contributed by atoms with Gasteiger partial charge in [0.05, 0.1) is 6.61 Å². The van der Waals surface area contributed by atoms with Crippen LogP contribution in [0.4, 0.5) is 0 Å². The molecule has 3 rings (SSSR count). The summed E-state index contributed by atoms with van der Waals surface area (Å²) in [6, 6.07) is 4.61. The fourth-order valence-corrected chi connectivity index (χ4v) is 3.11. The van der Waals surface area contributed by atoms with Crippen LogP contribution in [0.25, 0.3) is 0 Å². The van der Waals surface area contributed by atoms with E-state index in [4.69, 9.17) is 26.2 Å². The first-order chi connectivity index (χ1) is 10.3. The van der Waals surface area contributed by atoms with Crippen molar-refractivity contribution in [2.75, 3.05) is 19.9 Å². The predicted molar refractivity (Wildman–Crippen MR) is 81.5 cm³/mol. The van der Waals surface area contributed by atoms with E-state index < -0.39 is 0 Å². The second-order valence-electron chi connectivity index (χ2n) is 5.80. The molecule has 0 unspecified atom stereocenters. The van der Waals surface area contributed by atoms with Crippen LogP contribution >= 0.6 is 11.6 Å². The fraction of sp³-hybridized carbons (Fsp3) is 0.625. The zero-order chi connectivity index (χ0) is 14.7. The van der Waals surface area contributed by atoms with Crippen LogP contribution in [-0.2, 0) is 17.9 Å². The van der Waals surface area contributed by atoms with E-state index >= 15 is 0 Å². The molecule has 21 heavy (non-hydrogen) atoms. The van der Waals surface area contributed by atoms with Crippen LogP contribution in [0.1, 0.15) is 36.8 Å². The zero-order valence-electron chi connectivity index (χ0n) is 12.2. The van der Waals surface area contributed by atoms with Crippen LogP contribution < -0.4 is 4.74 Å². The van der Waals surface area contributed by atoms with Crippen LogP contribution in [0.5, 0.6) is 5.75 Å². The molecule has 1 saturated carbocycles. The Morgan fingerprint density at radius 1 is 1.29 bits per heavy atom. The van der Waals surface area contributed by atoms with Gasteiger partial charge >= 0.3 is 0 Å². The van der Waals surface area contributed by atoms with E-state index in [1.165, 1.54) is 12.8 Å². The lowest BCUT2D eigenvalue weighted by atomic mass is 10.1. The van der Waals surface area contributed by atoms with Crippen molar-refractivity contribution in [1.82, 2.24) is 4.90 Å². The summed E-state index contributed by atoms with van der Waals surface area (Å²) in [5.74, 6) is 0.943. The smallest absolute Gasteiger partial charge is 0.189 e. The molecule has 1 N–H and O–H groups in total. The maximum Gasteiger partial charge on any atom is 0.189 e. The van der Waals surface area contributed by atoms with Gasteiger partial charge in [0, 0.05) is 35.3 Å². The first-order valence-corrected chi connectivity index (χ1v) is 8.02. The number of hydrogen-bond donors (Lipinski definition) is 1. The number of aliphatic hydroxyl groups excluding tert-OH is 1. The molecule has 5 heteroatoms. The van der Waals surface area contributed by atoms with Gasteiger partial charge in [0.15, 0.2) is 6.79 Å². The molecule has 1 fully saturated rings. The Labute approximate surface area is 130 Å². The molecule has 0 atom stereocenters. The second-order valence-corrected chi connectivity index (χ2v) is 6.23. The fourth-order valence-electron chi connectivity index (χ4n) is 2.85. The molecule has 1 heterocycles. The predicted octanol–water partition coefficient (Wildman–Crippen LogP) is 2.94. The molecular formula is C16H22ClNO3. The van der Waals surface area contributed by atoms with Crippen LogP contribution in [0.3, 0.4) is 0 Å². The summed E-state index contributed by atoms with van der Waals surface area (Å²) in [6.07, 6.45) is 4.43. The van der Waals surface area contributed by atoms with E-state index in [1.807, 2.05) is 12.1 Å². The van der Waals surface area contributed by atoms with E-state index in [1.54, 1.807) is 0 Å². The third-order valence-corrected chi connectivity index (χ3v) is 4.26. The van der Waals surface area contributed by atoms with Crippen LogP contribution in [0.2, 0.25) is 5.02 Å². The highest BCUT2D eigenvalue weighted by Gasteiger charge is 2.29. The molecule has 1 aliphatic heterocycles. The highest BCUT2D eigenvalue weighted by molar-refractivity contribution is 6.30. The number of nitrogens with zero attached hydrogens (tertiary/aromatic N) is 1. The molecule has 0 saturated heterocycles. The Hall–Kier alpha value is -0.810. The van der Waals surface area contributed by atoms with Gasteiger partial charge in [-0.25, -0.2) is 0 Å². The number of ether oxygens (including phenoxy) is 2.